The van der Waals surface area contributed by atoms with E-state index in [-0.39, 0.29) is 5.54 Å². The summed E-state index contributed by atoms with van der Waals surface area (Å²) in [5.74, 6) is 0.859. The molecule has 17 heavy (non-hydrogen) atoms. The van der Waals surface area contributed by atoms with Crippen LogP contribution in [-0.2, 0) is 4.79 Å². The lowest BCUT2D eigenvalue weighted by Gasteiger charge is -2.33. The zero-order valence-corrected chi connectivity index (χ0v) is 11.3. The van der Waals surface area contributed by atoms with E-state index < -0.39 is 0 Å². The number of nitrogens with zero attached hydrogens (tertiary/aromatic N) is 2. The molecule has 4 heteroatoms. The largest absolute Gasteiger partial charge is 0.338 e. The second-order valence-electron chi connectivity index (χ2n) is 6.30. The van der Waals surface area contributed by atoms with Gasteiger partial charge in [-0.05, 0) is 26.7 Å². The normalized spacial score (nSPS) is 27.8. The first-order valence-corrected chi connectivity index (χ1v) is 6.70. The Morgan fingerprint density at radius 2 is 1.94 bits per heavy atom. The van der Waals surface area contributed by atoms with Crippen molar-refractivity contribution >= 4 is 5.91 Å². The van der Waals surface area contributed by atoms with Gasteiger partial charge >= 0.3 is 0 Å². The lowest BCUT2D eigenvalue weighted by atomic mass is 10.1. The molecule has 0 spiro atoms. The summed E-state index contributed by atoms with van der Waals surface area (Å²) in [6.45, 7) is 12.8. The summed E-state index contributed by atoms with van der Waals surface area (Å²) in [5, 5.41) is 3.36. The number of likely N-dealkylation sites (tertiary alicyclic amines) is 1. The monoisotopic (exact) mass is 239 g/mol. The minimum absolute atomic E-state index is 0.0186. The summed E-state index contributed by atoms with van der Waals surface area (Å²) in [6.07, 6.45) is 0.737. The molecule has 0 saturated carbocycles. The van der Waals surface area contributed by atoms with E-state index in [1.54, 1.807) is 0 Å². The van der Waals surface area contributed by atoms with E-state index in [2.05, 4.69) is 31.0 Å². The lowest BCUT2D eigenvalue weighted by Crippen LogP contribution is -2.46. The maximum absolute atomic E-state index is 12.0. The van der Waals surface area contributed by atoms with Gasteiger partial charge in [-0.1, -0.05) is 0 Å². The predicted molar refractivity (Wildman–Crippen MR) is 68.9 cm³/mol. The summed E-state index contributed by atoms with van der Waals surface area (Å²) < 4.78 is 0. The molecule has 0 aromatic heterocycles. The van der Waals surface area contributed by atoms with Gasteiger partial charge in [-0.15, -0.1) is 0 Å². The third-order valence-corrected chi connectivity index (χ3v) is 3.74. The van der Waals surface area contributed by atoms with Gasteiger partial charge in [0.05, 0.1) is 0 Å². The molecule has 1 amide bonds. The molecule has 0 aliphatic carbocycles. The average molecular weight is 239 g/mol. The fourth-order valence-corrected chi connectivity index (χ4v) is 2.81. The molecular weight excluding hydrogens is 214 g/mol. The molecule has 2 saturated heterocycles. The van der Waals surface area contributed by atoms with E-state index in [1.165, 1.54) is 0 Å². The Morgan fingerprint density at radius 3 is 2.47 bits per heavy atom. The van der Waals surface area contributed by atoms with Gasteiger partial charge in [0.1, 0.15) is 0 Å². The van der Waals surface area contributed by atoms with Crippen molar-refractivity contribution in [3.8, 4) is 0 Å². The van der Waals surface area contributed by atoms with Crippen LogP contribution in [0.4, 0.5) is 0 Å². The van der Waals surface area contributed by atoms with Crippen molar-refractivity contribution in [3.05, 3.63) is 0 Å². The van der Waals surface area contributed by atoms with Crippen LogP contribution in [0.3, 0.4) is 0 Å². The topological polar surface area (TPSA) is 35.6 Å². The molecule has 4 nitrogen and oxygen atoms in total. The van der Waals surface area contributed by atoms with Gasteiger partial charge in [0, 0.05) is 51.2 Å². The fraction of sp³-hybridized carbons (Fsp3) is 0.923. The first kappa shape index (κ1) is 12.8. The SMILES string of the molecule is CC(C)(C)N1CC(CN2CCNCC2)CC1=O. The van der Waals surface area contributed by atoms with E-state index in [4.69, 9.17) is 0 Å². The minimum Gasteiger partial charge on any atom is -0.338 e. The summed E-state index contributed by atoms with van der Waals surface area (Å²) in [5.41, 5.74) is -0.0186. The number of rotatable bonds is 2. The Kier molecular flexibility index (Phi) is 3.73. The molecule has 1 atom stereocenters. The summed E-state index contributed by atoms with van der Waals surface area (Å²) in [7, 11) is 0. The number of hydrogen-bond donors (Lipinski definition) is 1. The van der Waals surface area contributed by atoms with E-state index in [9.17, 15) is 4.79 Å². The van der Waals surface area contributed by atoms with Crippen LogP contribution in [0.2, 0.25) is 0 Å². The highest BCUT2D eigenvalue weighted by Gasteiger charge is 2.36. The smallest absolute Gasteiger partial charge is 0.223 e. The Hall–Kier alpha value is -0.610. The first-order valence-electron chi connectivity index (χ1n) is 6.70. The van der Waals surface area contributed by atoms with Crippen molar-refractivity contribution in [2.24, 2.45) is 5.92 Å². The third kappa shape index (κ3) is 3.19. The van der Waals surface area contributed by atoms with Gasteiger partial charge in [-0.25, -0.2) is 0 Å². The van der Waals surface area contributed by atoms with Crippen molar-refractivity contribution in [3.63, 3.8) is 0 Å². The zero-order chi connectivity index (χ0) is 12.5. The number of hydrogen-bond acceptors (Lipinski definition) is 3. The highest BCUT2D eigenvalue weighted by molar-refractivity contribution is 5.79. The molecule has 0 aromatic rings. The maximum atomic E-state index is 12.0. The highest BCUT2D eigenvalue weighted by Crippen LogP contribution is 2.26. The second-order valence-corrected chi connectivity index (χ2v) is 6.30. The number of carbonyl (C=O) groups excluding carboxylic acids is 1. The molecule has 1 N–H and O–H groups in total. The average Bonchev–Trinajstić information content (AvgIpc) is 2.60. The first-order chi connectivity index (χ1) is 7.97. The molecule has 0 bridgehead atoms. The van der Waals surface area contributed by atoms with Crippen molar-refractivity contribution in [2.45, 2.75) is 32.7 Å². The second kappa shape index (κ2) is 4.94. The number of amides is 1. The van der Waals surface area contributed by atoms with Gasteiger partial charge in [-0.2, -0.15) is 0 Å². The zero-order valence-electron chi connectivity index (χ0n) is 11.3. The minimum atomic E-state index is -0.0186. The Bertz CT molecular complexity index is 279. The number of piperazine rings is 1. The van der Waals surface area contributed by atoms with Crippen LogP contribution in [0.1, 0.15) is 27.2 Å². The lowest BCUT2D eigenvalue weighted by molar-refractivity contribution is -0.131. The van der Waals surface area contributed by atoms with E-state index in [0.29, 0.717) is 11.8 Å². The molecular formula is C13H25N3O. The fourth-order valence-electron chi connectivity index (χ4n) is 2.81. The molecule has 2 fully saturated rings. The molecule has 2 aliphatic rings. The quantitative estimate of drug-likeness (QED) is 0.764. The highest BCUT2D eigenvalue weighted by atomic mass is 16.2. The van der Waals surface area contributed by atoms with Crippen LogP contribution < -0.4 is 5.32 Å². The molecule has 0 radical (unpaired) electrons. The molecule has 0 aromatic carbocycles. The van der Waals surface area contributed by atoms with Crippen molar-refractivity contribution < 1.29 is 4.79 Å². The molecule has 1 unspecified atom stereocenters. The number of nitrogens with one attached hydrogen (secondary N) is 1. The molecule has 2 rings (SSSR count). The summed E-state index contributed by atoms with van der Waals surface area (Å²) >= 11 is 0. The molecule has 2 aliphatic heterocycles. The third-order valence-electron chi connectivity index (χ3n) is 3.74. The van der Waals surface area contributed by atoms with Gasteiger partial charge in [-0.3, -0.25) is 4.79 Å². The van der Waals surface area contributed by atoms with Crippen LogP contribution >= 0.6 is 0 Å². The van der Waals surface area contributed by atoms with E-state index >= 15 is 0 Å². The van der Waals surface area contributed by atoms with Crippen LogP contribution in [0, 0.1) is 5.92 Å². The molecule has 98 valence electrons. The Labute approximate surface area is 104 Å². The maximum Gasteiger partial charge on any atom is 0.223 e. The standard InChI is InChI=1S/C13H25N3O/c1-13(2,3)16-10-11(8-12(16)17)9-15-6-4-14-5-7-15/h11,14H,4-10H2,1-3H3. The summed E-state index contributed by atoms with van der Waals surface area (Å²) in [4.78, 5) is 16.5. The van der Waals surface area contributed by atoms with E-state index in [0.717, 1.165) is 45.7 Å². The van der Waals surface area contributed by atoms with Gasteiger partial charge in [0.15, 0.2) is 0 Å². The van der Waals surface area contributed by atoms with Gasteiger partial charge in [0.25, 0.3) is 0 Å². The van der Waals surface area contributed by atoms with Gasteiger partial charge < -0.3 is 15.1 Å². The Morgan fingerprint density at radius 1 is 1.29 bits per heavy atom. The van der Waals surface area contributed by atoms with Crippen molar-refractivity contribution in [2.75, 3.05) is 39.3 Å². The Balaban J connectivity index is 1.86. The van der Waals surface area contributed by atoms with Crippen molar-refractivity contribution in [1.29, 1.82) is 0 Å². The van der Waals surface area contributed by atoms with Crippen LogP contribution in [0.15, 0.2) is 0 Å². The van der Waals surface area contributed by atoms with Crippen molar-refractivity contribution in [1.82, 2.24) is 15.1 Å². The van der Waals surface area contributed by atoms with E-state index in [1.807, 2.05) is 4.90 Å². The van der Waals surface area contributed by atoms with Crippen LogP contribution in [0.5, 0.6) is 0 Å². The molecule has 2 heterocycles. The van der Waals surface area contributed by atoms with Crippen LogP contribution in [-0.4, -0.2) is 60.5 Å². The number of carbonyl (C=O) groups is 1. The van der Waals surface area contributed by atoms with Crippen LogP contribution in [0.25, 0.3) is 0 Å². The van der Waals surface area contributed by atoms with Gasteiger partial charge in [0.2, 0.25) is 5.91 Å². The summed E-state index contributed by atoms with van der Waals surface area (Å²) in [6, 6.07) is 0. The predicted octanol–water partition coefficient (Wildman–Crippen LogP) is 0.539.